The molecule has 0 aliphatic heterocycles. The van der Waals surface area contributed by atoms with Gasteiger partial charge in [0.1, 0.15) is 11.6 Å². The van der Waals surface area contributed by atoms with Crippen LogP contribution < -0.4 is 13.8 Å². The summed E-state index contributed by atoms with van der Waals surface area (Å²) in [6.45, 7) is 0.0804. The van der Waals surface area contributed by atoms with Crippen LogP contribution in [-0.2, 0) is 27.3 Å². The van der Waals surface area contributed by atoms with E-state index in [4.69, 9.17) is 9.47 Å². The van der Waals surface area contributed by atoms with Crippen molar-refractivity contribution < 1.29 is 26.7 Å². The number of hydrogen-bond acceptors (Lipinski definition) is 5. The summed E-state index contributed by atoms with van der Waals surface area (Å²) in [6.07, 6.45) is 3.55. The van der Waals surface area contributed by atoms with Crippen molar-refractivity contribution in [3.8, 4) is 11.5 Å². The van der Waals surface area contributed by atoms with Crippen LogP contribution in [0.15, 0.2) is 84.0 Å². The second kappa shape index (κ2) is 12.7. The largest absolute Gasteiger partial charge is 0.493 e. The van der Waals surface area contributed by atoms with E-state index >= 15 is 0 Å². The SMILES string of the molecule is COc1ccc(S(=O)(=O)N(CCc2ccncc2)c2ccc(CI)cc2Cc2c(F)cccc2F)cc1OC. The molecule has 3 aromatic carbocycles. The number of rotatable bonds is 11. The smallest absolute Gasteiger partial charge is 0.264 e. The first-order valence-corrected chi connectivity index (χ1v) is 15.0. The molecule has 0 saturated heterocycles. The van der Waals surface area contributed by atoms with Gasteiger partial charge in [0.05, 0.1) is 24.8 Å². The molecular formula is C29H27F2IN2O4S. The Morgan fingerprint density at radius 1 is 0.872 bits per heavy atom. The topological polar surface area (TPSA) is 68.7 Å². The van der Waals surface area contributed by atoms with Crippen molar-refractivity contribution in [1.29, 1.82) is 0 Å². The highest BCUT2D eigenvalue weighted by atomic mass is 127. The zero-order chi connectivity index (χ0) is 28.0. The lowest BCUT2D eigenvalue weighted by atomic mass is 10.00. The molecule has 0 saturated carbocycles. The quantitative estimate of drug-likeness (QED) is 0.138. The number of sulfonamides is 1. The molecule has 0 radical (unpaired) electrons. The van der Waals surface area contributed by atoms with Gasteiger partial charge in [-0.15, -0.1) is 0 Å². The average Bonchev–Trinajstić information content (AvgIpc) is 2.95. The maximum Gasteiger partial charge on any atom is 0.264 e. The normalized spacial score (nSPS) is 11.3. The van der Waals surface area contributed by atoms with E-state index in [0.29, 0.717) is 27.8 Å². The minimum Gasteiger partial charge on any atom is -0.493 e. The summed E-state index contributed by atoms with van der Waals surface area (Å²) in [7, 11) is -1.25. The highest BCUT2D eigenvalue weighted by Crippen LogP contribution is 2.35. The Bertz CT molecular complexity index is 1530. The predicted molar refractivity (Wildman–Crippen MR) is 155 cm³/mol. The number of methoxy groups -OCH3 is 2. The fourth-order valence-electron chi connectivity index (χ4n) is 4.25. The maximum atomic E-state index is 14.7. The number of halogens is 3. The third kappa shape index (κ3) is 6.50. The summed E-state index contributed by atoms with van der Waals surface area (Å²) in [6, 6.07) is 17.0. The van der Waals surface area contributed by atoms with Gasteiger partial charge in [-0.1, -0.05) is 40.8 Å². The Morgan fingerprint density at radius 2 is 1.56 bits per heavy atom. The molecule has 0 fully saturated rings. The fourth-order valence-corrected chi connectivity index (χ4v) is 6.25. The molecule has 0 aliphatic rings. The van der Waals surface area contributed by atoms with E-state index in [9.17, 15) is 17.2 Å². The van der Waals surface area contributed by atoms with Crippen molar-refractivity contribution in [3.05, 3.63) is 113 Å². The molecule has 0 bridgehead atoms. The number of hydrogen-bond donors (Lipinski definition) is 0. The number of benzene rings is 3. The van der Waals surface area contributed by atoms with Gasteiger partial charge in [-0.25, -0.2) is 17.2 Å². The van der Waals surface area contributed by atoms with E-state index in [0.717, 1.165) is 11.1 Å². The second-order valence-corrected chi connectivity index (χ2v) is 11.3. The van der Waals surface area contributed by atoms with Crippen LogP contribution in [0.5, 0.6) is 11.5 Å². The third-order valence-electron chi connectivity index (χ3n) is 6.29. The van der Waals surface area contributed by atoms with Crippen LogP contribution in [0.1, 0.15) is 22.3 Å². The molecule has 204 valence electrons. The molecular weight excluding hydrogens is 637 g/mol. The van der Waals surface area contributed by atoms with E-state index in [2.05, 4.69) is 27.6 Å². The van der Waals surface area contributed by atoms with Crippen molar-refractivity contribution in [3.63, 3.8) is 0 Å². The van der Waals surface area contributed by atoms with Crippen molar-refractivity contribution >= 4 is 38.3 Å². The van der Waals surface area contributed by atoms with Gasteiger partial charge in [0.15, 0.2) is 11.5 Å². The van der Waals surface area contributed by atoms with Crippen LogP contribution in [0.3, 0.4) is 0 Å². The van der Waals surface area contributed by atoms with E-state index in [1.807, 2.05) is 18.2 Å². The van der Waals surface area contributed by atoms with Crippen molar-refractivity contribution in [1.82, 2.24) is 4.98 Å². The molecule has 0 unspecified atom stereocenters. The van der Waals surface area contributed by atoms with Gasteiger partial charge in [-0.05, 0) is 65.6 Å². The molecule has 0 N–H and O–H groups in total. The van der Waals surface area contributed by atoms with Gasteiger partial charge in [-0.2, -0.15) is 0 Å². The van der Waals surface area contributed by atoms with Crippen molar-refractivity contribution in [2.24, 2.45) is 0 Å². The number of nitrogens with zero attached hydrogens (tertiary/aromatic N) is 2. The van der Waals surface area contributed by atoms with E-state index in [1.54, 1.807) is 24.5 Å². The van der Waals surface area contributed by atoms with Gasteiger partial charge >= 0.3 is 0 Å². The standard InChI is InChI=1S/C29H27F2IN2O4S/c1-37-28-9-7-23(18-29(28)38-2)39(35,36)34(15-12-20-10-13-33-14-11-20)27-8-6-21(19-32)16-22(27)17-24-25(30)4-3-5-26(24)31/h3-11,13-14,16,18H,12,15,17,19H2,1-2H3. The first kappa shape index (κ1) is 28.8. The second-order valence-electron chi connectivity index (χ2n) is 8.67. The zero-order valence-corrected chi connectivity index (χ0v) is 24.4. The molecule has 1 aromatic heterocycles. The Balaban J connectivity index is 1.86. The summed E-state index contributed by atoms with van der Waals surface area (Å²) >= 11 is 2.20. The molecule has 1 heterocycles. The third-order valence-corrected chi connectivity index (χ3v) is 8.98. The van der Waals surface area contributed by atoms with Gasteiger partial charge in [0, 0.05) is 41.4 Å². The molecule has 0 aliphatic carbocycles. The number of anilines is 1. The zero-order valence-electron chi connectivity index (χ0n) is 21.4. The van der Waals surface area contributed by atoms with Crippen molar-refractivity contribution in [2.45, 2.75) is 22.2 Å². The average molecular weight is 665 g/mol. The summed E-state index contributed by atoms with van der Waals surface area (Å²) in [5.41, 5.74) is 2.51. The van der Waals surface area contributed by atoms with Gasteiger partial charge in [0.2, 0.25) is 0 Å². The van der Waals surface area contributed by atoms with Crippen LogP contribution in [0, 0.1) is 11.6 Å². The van der Waals surface area contributed by atoms with E-state index < -0.39 is 21.7 Å². The Hall–Kier alpha value is -3.25. The summed E-state index contributed by atoms with van der Waals surface area (Å²) in [5.74, 6) is -0.720. The summed E-state index contributed by atoms with van der Waals surface area (Å²) in [4.78, 5) is 4.03. The van der Waals surface area contributed by atoms with Gasteiger partial charge in [0.25, 0.3) is 10.0 Å². The Labute approximate surface area is 240 Å². The molecule has 0 amide bonds. The fraction of sp³-hybridized carbons (Fsp3) is 0.207. The number of aromatic nitrogens is 1. The van der Waals surface area contributed by atoms with E-state index in [1.165, 1.54) is 54.9 Å². The van der Waals surface area contributed by atoms with Crippen LogP contribution in [0.25, 0.3) is 0 Å². The Kier molecular flexibility index (Phi) is 9.39. The number of alkyl halides is 1. The summed E-state index contributed by atoms with van der Waals surface area (Å²) in [5, 5.41) is 0. The highest BCUT2D eigenvalue weighted by molar-refractivity contribution is 14.1. The Morgan fingerprint density at radius 3 is 2.21 bits per heavy atom. The monoisotopic (exact) mass is 664 g/mol. The van der Waals surface area contributed by atoms with Crippen LogP contribution in [0.2, 0.25) is 0 Å². The lowest BCUT2D eigenvalue weighted by molar-refractivity contribution is 0.354. The molecule has 4 aromatic rings. The number of ether oxygens (including phenoxy) is 2. The lowest BCUT2D eigenvalue weighted by Crippen LogP contribution is -2.34. The van der Waals surface area contributed by atoms with Gasteiger partial charge < -0.3 is 9.47 Å². The van der Waals surface area contributed by atoms with Crippen molar-refractivity contribution in [2.75, 3.05) is 25.1 Å². The highest BCUT2D eigenvalue weighted by Gasteiger charge is 2.28. The van der Waals surface area contributed by atoms with Gasteiger partial charge in [-0.3, -0.25) is 9.29 Å². The first-order valence-electron chi connectivity index (χ1n) is 12.0. The summed E-state index contributed by atoms with van der Waals surface area (Å²) < 4.78 is 70.3. The van der Waals surface area contributed by atoms with Crippen LogP contribution >= 0.6 is 22.6 Å². The van der Waals surface area contributed by atoms with E-state index in [-0.39, 0.29) is 29.2 Å². The number of pyridine rings is 1. The molecule has 0 spiro atoms. The van der Waals surface area contributed by atoms with Crippen LogP contribution in [-0.4, -0.2) is 34.2 Å². The van der Waals surface area contributed by atoms with Crippen LogP contribution in [0.4, 0.5) is 14.5 Å². The minimum absolute atomic E-state index is 0.00383. The predicted octanol–water partition coefficient (Wildman–Crippen LogP) is 6.34. The molecule has 10 heteroatoms. The molecule has 6 nitrogen and oxygen atoms in total. The minimum atomic E-state index is -4.14. The first-order chi connectivity index (χ1) is 18.8. The molecule has 0 atom stereocenters. The molecule has 39 heavy (non-hydrogen) atoms. The maximum absolute atomic E-state index is 14.7. The lowest BCUT2D eigenvalue weighted by Gasteiger charge is -2.28. The molecule has 4 rings (SSSR count).